The predicted octanol–water partition coefficient (Wildman–Crippen LogP) is 4.25. The van der Waals surface area contributed by atoms with Crippen molar-refractivity contribution in [1.82, 2.24) is 10.3 Å². The van der Waals surface area contributed by atoms with Gasteiger partial charge in [0.2, 0.25) is 5.91 Å². The van der Waals surface area contributed by atoms with Crippen LogP contribution in [0.1, 0.15) is 11.6 Å². The minimum Gasteiger partial charge on any atom is -0.506 e. The number of halogens is 3. The van der Waals surface area contributed by atoms with Gasteiger partial charge in [0.05, 0.1) is 24.5 Å². The summed E-state index contributed by atoms with van der Waals surface area (Å²) in [5, 5.41) is 12.7. The number of amides is 3. The number of hydrogen-bond acceptors (Lipinski definition) is 7. The second kappa shape index (κ2) is 12.0. The Morgan fingerprint density at radius 2 is 1.92 bits per heavy atom. The van der Waals surface area contributed by atoms with Crippen molar-refractivity contribution in [2.45, 2.75) is 38.1 Å². The molecule has 3 rings (SSSR count). The molecule has 0 aliphatic carbocycles. The van der Waals surface area contributed by atoms with Crippen LogP contribution in [0.4, 0.5) is 29.5 Å². The number of benzene rings is 1. The molecular weight excluding hydrogens is 525 g/mol. The number of urea groups is 1. The average molecular weight is 557 g/mol. The van der Waals surface area contributed by atoms with Gasteiger partial charge in [-0.3, -0.25) is 14.6 Å². The molecule has 3 amide bonds. The van der Waals surface area contributed by atoms with Gasteiger partial charge in [0, 0.05) is 27.9 Å². The molecule has 2 heterocycles. The first kappa shape index (κ1) is 29.2. The molecule has 0 fully saturated rings. The van der Waals surface area contributed by atoms with Crippen molar-refractivity contribution in [2.24, 2.45) is 0 Å². The van der Waals surface area contributed by atoms with Crippen molar-refractivity contribution < 1.29 is 42.1 Å². The second-order valence-corrected chi connectivity index (χ2v) is 15.5. The van der Waals surface area contributed by atoms with Crippen molar-refractivity contribution in [3.8, 4) is 11.5 Å². The number of anilines is 2. The fourth-order valence-corrected chi connectivity index (χ4v) is 4.39. The standard InChI is InChI=1S/C24H31F3N4O6Si/c1-35-14-19(16-5-7-18(8-6-16)37-24(25,26)27)29-23(34)30-13-21(33)31(15-36-9-10-38(2,3)4)20-11-17(32)12-28-22(20)30/h5-8,11-12,19,32H,9-10,13-15H2,1-4H3,(H,29,34). The monoisotopic (exact) mass is 556 g/mol. The summed E-state index contributed by atoms with van der Waals surface area (Å²) in [6.07, 6.45) is -3.67. The van der Waals surface area contributed by atoms with Gasteiger partial charge in [0.15, 0.2) is 5.82 Å². The van der Waals surface area contributed by atoms with E-state index in [0.717, 1.165) is 29.3 Å². The molecule has 1 unspecified atom stereocenters. The number of nitrogens with zero attached hydrogens (tertiary/aromatic N) is 3. The molecular formula is C24H31F3N4O6Si. The number of aromatic hydroxyl groups is 1. The molecule has 38 heavy (non-hydrogen) atoms. The molecule has 1 atom stereocenters. The second-order valence-electron chi connectivity index (χ2n) is 9.87. The number of alkyl halides is 3. The Morgan fingerprint density at radius 1 is 1.24 bits per heavy atom. The fraction of sp³-hybridized carbons (Fsp3) is 0.458. The first-order valence-electron chi connectivity index (χ1n) is 11.8. The third-order valence-corrected chi connectivity index (χ3v) is 7.29. The average Bonchev–Trinajstić information content (AvgIpc) is 2.81. The molecule has 0 saturated carbocycles. The number of ether oxygens (including phenoxy) is 3. The molecule has 1 aliphatic rings. The number of hydrogen-bond donors (Lipinski definition) is 2. The highest BCUT2D eigenvalue weighted by Gasteiger charge is 2.35. The van der Waals surface area contributed by atoms with E-state index >= 15 is 0 Å². The number of carbonyl (C=O) groups excluding carboxylic acids is 2. The number of nitrogens with one attached hydrogen (secondary N) is 1. The van der Waals surface area contributed by atoms with E-state index in [1.54, 1.807) is 0 Å². The highest BCUT2D eigenvalue weighted by Crippen LogP contribution is 2.34. The van der Waals surface area contributed by atoms with Gasteiger partial charge in [-0.2, -0.15) is 0 Å². The van der Waals surface area contributed by atoms with Crippen molar-refractivity contribution in [3.05, 3.63) is 42.1 Å². The number of rotatable bonds is 10. The van der Waals surface area contributed by atoms with E-state index in [4.69, 9.17) is 9.47 Å². The predicted molar refractivity (Wildman–Crippen MR) is 136 cm³/mol. The molecule has 208 valence electrons. The zero-order valence-electron chi connectivity index (χ0n) is 21.5. The van der Waals surface area contributed by atoms with E-state index < -0.39 is 38.2 Å². The highest BCUT2D eigenvalue weighted by atomic mass is 28.3. The molecule has 1 aliphatic heterocycles. The van der Waals surface area contributed by atoms with Crippen LogP contribution in [0.3, 0.4) is 0 Å². The Morgan fingerprint density at radius 3 is 2.53 bits per heavy atom. The molecule has 10 nitrogen and oxygen atoms in total. The minimum atomic E-state index is -4.83. The summed E-state index contributed by atoms with van der Waals surface area (Å²) in [5.74, 6) is -0.899. The number of fused-ring (bicyclic) bond motifs is 1. The van der Waals surface area contributed by atoms with Crippen molar-refractivity contribution in [3.63, 3.8) is 0 Å². The van der Waals surface area contributed by atoms with Crippen molar-refractivity contribution in [2.75, 3.05) is 43.4 Å². The van der Waals surface area contributed by atoms with Gasteiger partial charge in [-0.25, -0.2) is 9.78 Å². The number of carbonyl (C=O) groups is 2. The maximum Gasteiger partial charge on any atom is 0.573 e. The zero-order chi connectivity index (χ0) is 28.1. The van der Waals surface area contributed by atoms with Crippen LogP contribution in [-0.4, -0.2) is 70.1 Å². The van der Waals surface area contributed by atoms with Crippen LogP contribution in [-0.2, 0) is 14.3 Å². The summed E-state index contributed by atoms with van der Waals surface area (Å²) in [5.41, 5.74) is 0.663. The zero-order valence-corrected chi connectivity index (χ0v) is 22.5. The van der Waals surface area contributed by atoms with E-state index in [1.807, 2.05) is 0 Å². The van der Waals surface area contributed by atoms with Crippen LogP contribution in [0.5, 0.6) is 11.5 Å². The molecule has 0 radical (unpaired) electrons. The Bertz CT molecular complexity index is 1130. The quantitative estimate of drug-likeness (QED) is 0.332. The Labute approximate surface area is 219 Å². The molecule has 14 heteroatoms. The van der Waals surface area contributed by atoms with Gasteiger partial charge >= 0.3 is 12.4 Å². The van der Waals surface area contributed by atoms with Crippen LogP contribution in [0.15, 0.2) is 36.5 Å². The third-order valence-electron chi connectivity index (χ3n) is 5.58. The van der Waals surface area contributed by atoms with Crippen LogP contribution in [0.2, 0.25) is 25.7 Å². The molecule has 2 N–H and O–H groups in total. The van der Waals surface area contributed by atoms with E-state index in [1.165, 1.54) is 30.2 Å². The summed E-state index contributed by atoms with van der Waals surface area (Å²) in [6, 6.07) is 5.78. The molecule has 0 bridgehead atoms. The summed E-state index contributed by atoms with van der Waals surface area (Å²) < 4.78 is 52.2. The largest absolute Gasteiger partial charge is 0.573 e. The Kier molecular flexibility index (Phi) is 9.22. The third kappa shape index (κ3) is 8.07. The van der Waals surface area contributed by atoms with E-state index in [9.17, 15) is 27.9 Å². The van der Waals surface area contributed by atoms with Gasteiger partial charge in [0.1, 0.15) is 24.8 Å². The summed E-state index contributed by atoms with van der Waals surface area (Å²) in [4.78, 5) is 32.9. The van der Waals surface area contributed by atoms with Gasteiger partial charge in [-0.1, -0.05) is 31.8 Å². The SMILES string of the molecule is COCC(NC(=O)N1CC(=O)N(COCC[Si](C)(C)C)c2cc(O)cnc21)c1ccc(OC(F)(F)F)cc1. The van der Waals surface area contributed by atoms with Crippen molar-refractivity contribution in [1.29, 1.82) is 0 Å². The number of methoxy groups -OCH3 is 1. The maximum absolute atomic E-state index is 13.3. The van der Waals surface area contributed by atoms with E-state index in [2.05, 4.69) is 34.7 Å². The topological polar surface area (TPSA) is 113 Å². The number of pyridine rings is 1. The normalized spacial score (nSPS) is 14.8. The molecule has 0 saturated heterocycles. The van der Waals surface area contributed by atoms with E-state index in [0.29, 0.717) is 12.2 Å². The Balaban J connectivity index is 1.77. The minimum absolute atomic E-state index is 0.0000793. The van der Waals surface area contributed by atoms with Gasteiger partial charge in [-0.15, -0.1) is 13.2 Å². The molecule has 0 spiro atoms. The van der Waals surface area contributed by atoms with Crippen LogP contribution >= 0.6 is 0 Å². The molecule has 2 aromatic rings. The summed E-state index contributed by atoms with van der Waals surface area (Å²) in [6.45, 7) is 6.69. The highest BCUT2D eigenvalue weighted by molar-refractivity contribution is 6.76. The van der Waals surface area contributed by atoms with Gasteiger partial charge in [0.25, 0.3) is 0 Å². The van der Waals surface area contributed by atoms with Crippen molar-refractivity contribution >= 4 is 31.5 Å². The summed E-state index contributed by atoms with van der Waals surface area (Å²) >= 11 is 0. The maximum atomic E-state index is 13.3. The fourth-order valence-electron chi connectivity index (χ4n) is 3.63. The van der Waals surface area contributed by atoms with Gasteiger partial charge < -0.3 is 24.6 Å². The molecule has 1 aromatic heterocycles. The first-order chi connectivity index (χ1) is 17.8. The van der Waals surface area contributed by atoms with Gasteiger partial charge in [-0.05, 0) is 23.7 Å². The van der Waals surface area contributed by atoms with E-state index in [-0.39, 0.29) is 37.1 Å². The lowest BCUT2D eigenvalue weighted by Crippen LogP contribution is -2.53. The van der Waals surface area contributed by atoms with Crippen LogP contribution < -0.4 is 19.9 Å². The Hall–Kier alpha value is -3.36. The summed E-state index contributed by atoms with van der Waals surface area (Å²) in [7, 11) is 0.0659. The first-order valence-corrected chi connectivity index (χ1v) is 15.5. The lowest BCUT2D eigenvalue weighted by atomic mass is 10.1. The molecule has 1 aromatic carbocycles. The van der Waals surface area contributed by atoms with Crippen LogP contribution in [0, 0.1) is 0 Å². The smallest absolute Gasteiger partial charge is 0.506 e. The lowest BCUT2D eigenvalue weighted by molar-refractivity contribution is -0.274. The van der Waals surface area contributed by atoms with Crippen LogP contribution in [0.25, 0.3) is 0 Å². The lowest BCUT2D eigenvalue weighted by Gasteiger charge is -2.35. The number of aromatic nitrogens is 1.